The third-order valence-corrected chi connectivity index (χ3v) is 13.0. The van der Waals surface area contributed by atoms with E-state index in [4.69, 9.17) is 18.6 Å². The number of benzene rings is 2. The maximum atomic E-state index is 12.9. The Kier molecular flexibility index (Phi) is 7.09. The van der Waals surface area contributed by atoms with Crippen LogP contribution in [0.3, 0.4) is 0 Å². The average Bonchev–Trinajstić information content (AvgIpc) is 3.29. The number of aliphatic hydroxyl groups excluding tert-OH is 1. The predicted molar refractivity (Wildman–Crippen MR) is 153 cm³/mol. The molecule has 3 heterocycles. The molecule has 0 unspecified atom stereocenters. The second-order valence-corrected chi connectivity index (χ2v) is 16.7. The lowest BCUT2D eigenvalue weighted by Gasteiger charge is -2.45. The molecule has 10 heteroatoms. The van der Waals surface area contributed by atoms with Crippen molar-refractivity contribution in [2.24, 2.45) is 0 Å². The monoisotopic (exact) mass is 566 g/mol. The number of H-pyrrole nitrogens is 1. The summed E-state index contributed by atoms with van der Waals surface area (Å²) in [6.07, 6.45) is -0.417. The van der Waals surface area contributed by atoms with Crippen LogP contribution in [0.5, 0.6) is 0 Å². The van der Waals surface area contributed by atoms with Crippen LogP contribution in [0.4, 0.5) is 0 Å². The SMILES string of the molecule is CC1(C)O[C@@H]2[C@@](CO)(CO[Si](c3ccccc3)(c3ccccc3)C(C)(C)C)O[C@@H](n3ccc(=O)[nH]c3=O)[C@]2(C)O1. The Hall–Kier alpha value is -2.86. The second kappa shape index (κ2) is 9.90. The zero-order valence-corrected chi connectivity index (χ0v) is 24.8. The van der Waals surface area contributed by atoms with Gasteiger partial charge in [0.2, 0.25) is 0 Å². The molecule has 0 aliphatic carbocycles. The fourth-order valence-corrected chi connectivity index (χ4v) is 11.0. The molecule has 0 bridgehead atoms. The Balaban J connectivity index is 1.63. The first-order valence-corrected chi connectivity index (χ1v) is 15.4. The van der Waals surface area contributed by atoms with E-state index in [9.17, 15) is 14.7 Å². The Morgan fingerprint density at radius 2 is 1.52 bits per heavy atom. The van der Waals surface area contributed by atoms with Crippen molar-refractivity contribution in [1.82, 2.24) is 9.55 Å². The van der Waals surface area contributed by atoms with Crippen LogP contribution in [0.2, 0.25) is 5.04 Å². The molecule has 4 atom stereocenters. The Morgan fingerprint density at radius 1 is 0.950 bits per heavy atom. The molecular weight excluding hydrogens is 528 g/mol. The lowest BCUT2D eigenvalue weighted by molar-refractivity contribution is -0.244. The van der Waals surface area contributed by atoms with Crippen LogP contribution >= 0.6 is 0 Å². The normalized spacial score (nSPS) is 28.0. The average molecular weight is 567 g/mol. The summed E-state index contributed by atoms with van der Waals surface area (Å²) >= 11 is 0. The van der Waals surface area contributed by atoms with Gasteiger partial charge in [-0.2, -0.15) is 0 Å². The molecule has 9 nitrogen and oxygen atoms in total. The van der Waals surface area contributed by atoms with Gasteiger partial charge in [0.05, 0.1) is 13.2 Å². The molecule has 2 N–H and O–H groups in total. The number of aromatic nitrogens is 2. The molecule has 40 heavy (non-hydrogen) atoms. The van der Waals surface area contributed by atoms with E-state index in [1.807, 2.05) is 36.4 Å². The van der Waals surface area contributed by atoms with E-state index in [2.05, 4.69) is 50.0 Å². The Bertz CT molecular complexity index is 1430. The summed E-state index contributed by atoms with van der Waals surface area (Å²) in [7, 11) is -3.01. The van der Waals surface area contributed by atoms with Gasteiger partial charge in [0.25, 0.3) is 13.9 Å². The van der Waals surface area contributed by atoms with Crippen LogP contribution in [0.15, 0.2) is 82.5 Å². The topological polar surface area (TPSA) is 112 Å². The van der Waals surface area contributed by atoms with Gasteiger partial charge in [0.1, 0.15) is 17.3 Å². The number of aliphatic hydroxyl groups is 1. The smallest absolute Gasteiger partial charge is 0.330 e. The van der Waals surface area contributed by atoms with Gasteiger partial charge in [-0.25, -0.2) is 4.79 Å². The van der Waals surface area contributed by atoms with Crippen molar-refractivity contribution >= 4 is 18.7 Å². The quantitative estimate of drug-likeness (QED) is 0.422. The molecule has 0 spiro atoms. The van der Waals surface area contributed by atoms with Crippen molar-refractivity contribution in [2.75, 3.05) is 13.2 Å². The van der Waals surface area contributed by atoms with E-state index in [-0.39, 0.29) is 11.6 Å². The standard InChI is InChI=1S/C30H38N2O7Si/c1-27(2,3)40(21-13-9-7-10-14-21,22-15-11-8-12-16-22)36-20-30(19-33)24-29(6,39-28(4,5)37-24)25(38-30)32-18-17-23(34)31-26(32)35/h7-18,24-25,33H,19-20H2,1-6H3,(H,31,34,35)/t24-,25+,29+,30+/m0/s1. The summed E-state index contributed by atoms with van der Waals surface area (Å²) in [5.74, 6) is -1.02. The summed E-state index contributed by atoms with van der Waals surface area (Å²) in [4.78, 5) is 27.0. The molecule has 214 valence electrons. The first-order chi connectivity index (χ1) is 18.8. The molecule has 2 aliphatic heterocycles. The minimum Gasteiger partial charge on any atom is -0.404 e. The number of hydrogen-bond donors (Lipinski definition) is 2. The molecule has 3 aromatic rings. The van der Waals surface area contributed by atoms with E-state index in [1.54, 1.807) is 20.8 Å². The molecule has 1 aromatic heterocycles. The first-order valence-electron chi connectivity index (χ1n) is 13.5. The summed E-state index contributed by atoms with van der Waals surface area (Å²) in [5, 5.41) is 12.9. The number of hydrogen-bond acceptors (Lipinski definition) is 7. The van der Waals surface area contributed by atoms with Crippen LogP contribution < -0.4 is 21.6 Å². The van der Waals surface area contributed by atoms with Gasteiger partial charge < -0.3 is 23.7 Å². The minimum atomic E-state index is -3.01. The van der Waals surface area contributed by atoms with Gasteiger partial charge in [-0.15, -0.1) is 0 Å². The van der Waals surface area contributed by atoms with Gasteiger partial charge in [-0.1, -0.05) is 81.4 Å². The van der Waals surface area contributed by atoms with Crippen LogP contribution in [0.25, 0.3) is 0 Å². The number of fused-ring (bicyclic) bond motifs is 1. The molecule has 2 saturated heterocycles. The van der Waals surface area contributed by atoms with Gasteiger partial charge >= 0.3 is 5.69 Å². The van der Waals surface area contributed by atoms with Crippen molar-refractivity contribution in [2.45, 2.75) is 75.9 Å². The van der Waals surface area contributed by atoms with Crippen molar-refractivity contribution in [1.29, 1.82) is 0 Å². The third kappa shape index (κ3) is 4.52. The van der Waals surface area contributed by atoms with Gasteiger partial charge in [-0.05, 0) is 36.2 Å². The van der Waals surface area contributed by atoms with E-state index >= 15 is 0 Å². The number of rotatable bonds is 7. The van der Waals surface area contributed by atoms with E-state index in [0.29, 0.717) is 0 Å². The zero-order valence-electron chi connectivity index (χ0n) is 23.8. The molecule has 2 fully saturated rings. The van der Waals surface area contributed by atoms with Gasteiger partial charge in [-0.3, -0.25) is 14.3 Å². The van der Waals surface area contributed by atoms with Crippen LogP contribution in [0.1, 0.15) is 47.8 Å². The van der Waals surface area contributed by atoms with Crippen molar-refractivity contribution < 1.29 is 23.7 Å². The molecule has 0 amide bonds. The van der Waals surface area contributed by atoms with Gasteiger partial charge in [0, 0.05) is 12.3 Å². The van der Waals surface area contributed by atoms with Gasteiger partial charge in [0.15, 0.2) is 12.0 Å². The largest absolute Gasteiger partial charge is 0.404 e. The van der Waals surface area contributed by atoms with Crippen LogP contribution in [0, 0.1) is 0 Å². The predicted octanol–water partition coefficient (Wildman–Crippen LogP) is 2.28. The van der Waals surface area contributed by atoms with Crippen molar-refractivity contribution in [3.8, 4) is 0 Å². The molecular formula is C30H38N2O7Si. The first kappa shape index (κ1) is 28.7. The van der Waals surface area contributed by atoms with Crippen molar-refractivity contribution in [3.05, 3.63) is 93.8 Å². The molecule has 2 aliphatic rings. The Morgan fingerprint density at radius 3 is 2.02 bits per heavy atom. The molecule has 0 radical (unpaired) electrons. The van der Waals surface area contributed by atoms with E-state index in [0.717, 1.165) is 10.4 Å². The highest BCUT2D eigenvalue weighted by atomic mass is 28.4. The minimum absolute atomic E-state index is 0.0227. The van der Waals surface area contributed by atoms with Crippen LogP contribution in [-0.4, -0.2) is 59.3 Å². The molecule has 0 saturated carbocycles. The van der Waals surface area contributed by atoms with Crippen molar-refractivity contribution in [3.63, 3.8) is 0 Å². The fourth-order valence-electron chi connectivity index (χ4n) is 6.43. The number of aromatic amines is 1. The number of nitrogens with zero attached hydrogens (tertiary/aromatic N) is 1. The van der Waals surface area contributed by atoms with E-state index < -0.39 is 55.5 Å². The highest BCUT2D eigenvalue weighted by Gasteiger charge is 2.71. The highest BCUT2D eigenvalue weighted by Crippen LogP contribution is 2.55. The summed E-state index contributed by atoms with van der Waals surface area (Å²) in [6.45, 7) is 11.4. The number of ether oxygens (including phenoxy) is 3. The Labute approximate surface area is 234 Å². The lowest BCUT2D eigenvalue weighted by Crippen LogP contribution is -2.68. The molecule has 2 aromatic carbocycles. The third-order valence-electron chi connectivity index (χ3n) is 8.02. The summed E-state index contributed by atoms with van der Waals surface area (Å²) < 4.78 is 27.8. The molecule has 5 rings (SSSR count). The summed E-state index contributed by atoms with van der Waals surface area (Å²) in [5.41, 5.74) is -3.72. The number of nitrogens with one attached hydrogen (secondary N) is 1. The summed E-state index contributed by atoms with van der Waals surface area (Å²) in [6, 6.07) is 21.6. The second-order valence-electron chi connectivity index (χ2n) is 12.3. The lowest BCUT2D eigenvalue weighted by atomic mass is 9.88. The van der Waals surface area contributed by atoms with E-state index in [1.165, 1.54) is 16.8 Å². The maximum Gasteiger partial charge on any atom is 0.330 e. The zero-order chi connectivity index (χ0) is 29.0. The fraction of sp³-hybridized carbons (Fsp3) is 0.467. The highest BCUT2D eigenvalue weighted by molar-refractivity contribution is 6.99. The maximum absolute atomic E-state index is 12.9. The van der Waals surface area contributed by atoms with Crippen LogP contribution in [-0.2, 0) is 18.6 Å².